The van der Waals surface area contributed by atoms with Crippen molar-refractivity contribution < 1.29 is 9.53 Å². The molecule has 2 N–H and O–H groups in total. The van der Waals surface area contributed by atoms with Gasteiger partial charge in [-0.25, -0.2) is 9.78 Å². The van der Waals surface area contributed by atoms with Gasteiger partial charge >= 0.3 is 5.97 Å². The SMILES string of the molecule is CCOC(=O)c1cc2c(cn1)[nH]c1cccc(CNc3ccccc3)c12. The van der Waals surface area contributed by atoms with Crippen LogP contribution in [0.15, 0.2) is 60.8 Å². The van der Waals surface area contributed by atoms with Crippen molar-refractivity contribution in [1.29, 1.82) is 0 Å². The van der Waals surface area contributed by atoms with Crippen LogP contribution in [0.5, 0.6) is 0 Å². The van der Waals surface area contributed by atoms with Crippen LogP contribution in [-0.4, -0.2) is 22.5 Å². The van der Waals surface area contributed by atoms with Gasteiger partial charge in [0.2, 0.25) is 0 Å². The number of H-pyrrole nitrogens is 1. The van der Waals surface area contributed by atoms with Gasteiger partial charge in [-0.2, -0.15) is 0 Å². The third-order valence-electron chi connectivity index (χ3n) is 4.33. The van der Waals surface area contributed by atoms with Crippen molar-refractivity contribution in [3.63, 3.8) is 0 Å². The maximum Gasteiger partial charge on any atom is 0.356 e. The summed E-state index contributed by atoms with van der Waals surface area (Å²) in [5.74, 6) is -0.399. The van der Waals surface area contributed by atoms with E-state index in [4.69, 9.17) is 4.74 Å². The second kappa shape index (κ2) is 6.88. The fraction of sp³-hybridized carbons (Fsp3) is 0.143. The third-order valence-corrected chi connectivity index (χ3v) is 4.33. The zero-order valence-corrected chi connectivity index (χ0v) is 14.5. The Morgan fingerprint density at radius 1 is 1.12 bits per heavy atom. The van der Waals surface area contributed by atoms with Gasteiger partial charge < -0.3 is 15.0 Å². The lowest BCUT2D eigenvalue weighted by Gasteiger charge is -2.08. The molecule has 130 valence electrons. The lowest BCUT2D eigenvalue weighted by atomic mass is 10.1. The Bertz CT molecular complexity index is 1070. The Morgan fingerprint density at radius 3 is 2.77 bits per heavy atom. The van der Waals surface area contributed by atoms with Gasteiger partial charge in [0, 0.05) is 28.5 Å². The van der Waals surface area contributed by atoms with Gasteiger partial charge in [-0.3, -0.25) is 0 Å². The number of esters is 1. The second-order valence-corrected chi connectivity index (χ2v) is 6.02. The van der Waals surface area contributed by atoms with Gasteiger partial charge in [0.05, 0.1) is 18.3 Å². The number of hydrogen-bond acceptors (Lipinski definition) is 4. The average molecular weight is 345 g/mol. The number of nitrogens with zero attached hydrogens (tertiary/aromatic N) is 1. The van der Waals surface area contributed by atoms with E-state index in [1.54, 1.807) is 19.2 Å². The average Bonchev–Trinajstić information content (AvgIpc) is 3.05. The molecule has 0 atom stereocenters. The summed E-state index contributed by atoms with van der Waals surface area (Å²) < 4.78 is 5.08. The summed E-state index contributed by atoms with van der Waals surface area (Å²) >= 11 is 0. The first-order valence-corrected chi connectivity index (χ1v) is 8.61. The first kappa shape index (κ1) is 16.1. The Hall–Kier alpha value is -3.34. The van der Waals surface area contributed by atoms with Crippen molar-refractivity contribution in [2.75, 3.05) is 11.9 Å². The molecule has 0 radical (unpaired) electrons. The van der Waals surface area contributed by atoms with E-state index in [2.05, 4.69) is 21.4 Å². The van der Waals surface area contributed by atoms with Crippen LogP contribution < -0.4 is 5.32 Å². The highest BCUT2D eigenvalue weighted by atomic mass is 16.5. The Kier molecular flexibility index (Phi) is 4.27. The highest BCUT2D eigenvalue weighted by molar-refractivity contribution is 6.10. The molecular weight excluding hydrogens is 326 g/mol. The van der Waals surface area contributed by atoms with Crippen LogP contribution in [0.3, 0.4) is 0 Å². The van der Waals surface area contributed by atoms with Gasteiger partial charge in [-0.05, 0) is 36.8 Å². The molecule has 0 saturated carbocycles. The molecule has 0 aliphatic heterocycles. The molecule has 2 heterocycles. The van der Waals surface area contributed by atoms with Gasteiger partial charge in [0.25, 0.3) is 0 Å². The van der Waals surface area contributed by atoms with E-state index < -0.39 is 5.97 Å². The number of carbonyl (C=O) groups is 1. The number of hydrogen-bond donors (Lipinski definition) is 2. The van der Waals surface area contributed by atoms with Crippen molar-refractivity contribution in [3.05, 3.63) is 72.1 Å². The van der Waals surface area contributed by atoms with Crippen LogP contribution >= 0.6 is 0 Å². The molecule has 0 amide bonds. The van der Waals surface area contributed by atoms with Crippen LogP contribution in [0, 0.1) is 0 Å². The number of fused-ring (bicyclic) bond motifs is 3. The molecule has 0 unspecified atom stereocenters. The van der Waals surface area contributed by atoms with Crippen molar-refractivity contribution in [2.45, 2.75) is 13.5 Å². The molecule has 26 heavy (non-hydrogen) atoms. The molecule has 0 bridgehead atoms. The third kappa shape index (κ3) is 2.99. The number of nitrogens with one attached hydrogen (secondary N) is 2. The van der Waals surface area contributed by atoms with E-state index in [-0.39, 0.29) is 0 Å². The maximum atomic E-state index is 12.0. The van der Waals surface area contributed by atoms with Crippen molar-refractivity contribution in [2.24, 2.45) is 0 Å². The summed E-state index contributed by atoms with van der Waals surface area (Å²) in [5, 5.41) is 5.52. The summed E-state index contributed by atoms with van der Waals surface area (Å²) in [4.78, 5) is 19.6. The first-order chi connectivity index (χ1) is 12.8. The molecule has 0 aliphatic rings. The van der Waals surface area contributed by atoms with Crippen LogP contribution in [0.2, 0.25) is 0 Å². The summed E-state index contributed by atoms with van der Waals surface area (Å²) in [5.41, 5.74) is 4.47. The van der Waals surface area contributed by atoms with Gasteiger partial charge in [-0.15, -0.1) is 0 Å². The molecule has 5 nitrogen and oxygen atoms in total. The van der Waals surface area contributed by atoms with Crippen LogP contribution in [0.25, 0.3) is 21.8 Å². The second-order valence-electron chi connectivity index (χ2n) is 6.02. The van der Waals surface area contributed by atoms with Crippen molar-refractivity contribution >= 4 is 33.5 Å². The molecule has 0 fully saturated rings. The normalized spacial score (nSPS) is 11.0. The topological polar surface area (TPSA) is 67.0 Å². The minimum absolute atomic E-state index is 0.325. The molecule has 4 rings (SSSR count). The zero-order valence-electron chi connectivity index (χ0n) is 14.5. The number of rotatable bonds is 5. The fourth-order valence-electron chi connectivity index (χ4n) is 3.15. The standard InChI is InChI=1S/C21H19N3O2/c1-2-26-21(25)18-11-16-19(13-23-18)24-17-10-6-7-14(20(16)17)12-22-15-8-4-3-5-9-15/h3-11,13,22,24H,2,12H2,1H3. The summed E-state index contributed by atoms with van der Waals surface area (Å²) in [6, 6.07) is 18.0. The largest absolute Gasteiger partial charge is 0.461 e. The van der Waals surface area contributed by atoms with E-state index in [1.165, 1.54) is 0 Å². The monoisotopic (exact) mass is 345 g/mol. The van der Waals surface area contributed by atoms with E-state index in [0.29, 0.717) is 18.8 Å². The molecule has 0 spiro atoms. The van der Waals surface area contributed by atoms with E-state index >= 15 is 0 Å². The Labute approximate surface area is 151 Å². The van der Waals surface area contributed by atoms with Gasteiger partial charge in [-0.1, -0.05) is 30.3 Å². The quantitative estimate of drug-likeness (QED) is 0.523. The molecule has 4 aromatic rings. The number of carbonyl (C=O) groups excluding carboxylic acids is 1. The number of aromatic amines is 1. The fourth-order valence-corrected chi connectivity index (χ4v) is 3.15. The molecule has 5 heteroatoms. The number of aromatic nitrogens is 2. The predicted octanol–water partition coefficient (Wildman–Crippen LogP) is 4.50. The van der Waals surface area contributed by atoms with Gasteiger partial charge in [0.15, 0.2) is 0 Å². The number of ether oxygens (including phenoxy) is 1. The number of para-hydroxylation sites is 1. The number of pyridine rings is 1. The number of benzene rings is 2. The number of anilines is 1. The lowest BCUT2D eigenvalue weighted by molar-refractivity contribution is 0.0520. The van der Waals surface area contributed by atoms with E-state index in [9.17, 15) is 4.79 Å². The zero-order chi connectivity index (χ0) is 17.9. The van der Waals surface area contributed by atoms with Crippen LogP contribution in [0.1, 0.15) is 23.0 Å². The Morgan fingerprint density at radius 2 is 1.96 bits per heavy atom. The highest BCUT2D eigenvalue weighted by Gasteiger charge is 2.14. The summed E-state index contributed by atoms with van der Waals surface area (Å²) in [6.45, 7) is 2.81. The smallest absolute Gasteiger partial charge is 0.356 e. The molecule has 2 aromatic carbocycles. The first-order valence-electron chi connectivity index (χ1n) is 8.61. The minimum Gasteiger partial charge on any atom is -0.461 e. The van der Waals surface area contributed by atoms with Gasteiger partial charge in [0.1, 0.15) is 5.69 Å². The van der Waals surface area contributed by atoms with Crippen LogP contribution in [0.4, 0.5) is 5.69 Å². The minimum atomic E-state index is -0.399. The molecule has 0 aliphatic carbocycles. The maximum absolute atomic E-state index is 12.0. The van der Waals surface area contributed by atoms with Crippen molar-refractivity contribution in [3.8, 4) is 0 Å². The van der Waals surface area contributed by atoms with Crippen LogP contribution in [-0.2, 0) is 11.3 Å². The summed E-state index contributed by atoms with van der Waals surface area (Å²) in [6.07, 6.45) is 1.69. The predicted molar refractivity (Wildman–Crippen MR) is 103 cm³/mol. The van der Waals surface area contributed by atoms with Crippen molar-refractivity contribution in [1.82, 2.24) is 9.97 Å². The molecule has 2 aromatic heterocycles. The summed E-state index contributed by atoms with van der Waals surface area (Å²) in [7, 11) is 0. The Balaban J connectivity index is 1.76. The molecule has 0 saturated heterocycles. The molecular formula is C21H19N3O2. The van der Waals surface area contributed by atoms with E-state index in [0.717, 1.165) is 33.1 Å². The lowest BCUT2D eigenvalue weighted by Crippen LogP contribution is -2.06. The van der Waals surface area contributed by atoms with E-state index in [1.807, 2.05) is 42.5 Å². The highest BCUT2D eigenvalue weighted by Crippen LogP contribution is 2.29.